The molecule has 0 spiro atoms. The summed E-state index contributed by atoms with van der Waals surface area (Å²) in [5, 5.41) is 0. The standard InChI is InChI=1S/C7H10N2O/c1-2-7-8-3-4-9(7)5-6-10/h3-4,6H,2,5H2,1H3. The predicted molar refractivity (Wildman–Crippen MR) is 37.7 cm³/mol. The lowest BCUT2D eigenvalue weighted by Gasteiger charge is -1.98. The van der Waals surface area contributed by atoms with Gasteiger partial charge in [-0.15, -0.1) is 0 Å². The van der Waals surface area contributed by atoms with Crippen molar-refractivity contribution in [2.75, 3.05) is 0 Å². The molecule has 0 atom stereocenters. The molecule has 0 fully saturated rings. The summed E-state index contributed by atoms with van der Waals surface area (Å²) in [6.07, 6.45) is 5.28. The molecule has 1 aromatic rings. The van der Waals surface area contributed by atoms with Crippen LogP contribution >= 0.6 is 0 Å². The van der Waals surface area contributed by atoms with Crippen molar-refractivity contribution in [2.24, 2.45) is 0 Å². The lowest BCUT2D eigenvalue weighted by Crippen LogP contribution is -2.02. The van der Waals surface area contributed by atoms with E-state index in [-0.39, 0.29) is 0 Å². The highest BCUT2D eigenvalue weighted by molar-refractivity contribution is 5.49. The van der Waals surface area contributed by atoms with Crippen LogP contribution in [0.1, 0.15) is 12.7 Å². The van der Waals surface area contributed by atoms with Crippen LogP contribution in [0.25, 0.3) is 0 Å². The quantitative estimate of drug-likeness (QED) is 0.574. The summed E-state index contributed by atoms with van der Waals surface area (Å²) in [5.74, 6) is 0.965. The maximum atomic E-state index is 10.1. The van der Waals surface area contributed by atoms with Crippen LogP contribution in [0.2, 0.25) is 0 Å². The van der Waals surface area contributed by atoms with Crippen LogP contribution in [0.4, 0.5) is 0 Å². The second kappa shape index (κ2) is 3.15. The van der Waals surface area contributed by atoms with Gasteiger partial charge in [0, 0.05) is 18.8 Å². The number of hydrogen-bond donors (Lipinski definition) is 0. The first-order chi connectivity index (χ1) is 4.88. The normalized spacial score (nSPS) is 9.70. The molecule has 0 amide bonds. The molecule has 54 valence electrons. The van der Waals surface area contributed by atoms with E-state index in [9.17, 15) is 4.79 Å². The van der Waals surface area contributed by atoms with Crippen molar-refractivity contribution >= 4 is 6.29 Å². The molecule has 0 saturated heterocycles. The summed E-state index contributed by atoms with van der Waals surface area (Å²) in [6.45, 7) is 2.44. The Hall–Kier alpha value is -1.12. The van der Waals surface area contributed by atoms with Crippen molar-refractivity contribution in [1.82, 2.24) is 9.55 Å². The largest absolute Gasteiger partial charge is 0.328 e. The molecule has 1 heterocycles. The molecule has 0 N–H and O–H groups in total. The van der Waals surface area contributed by atoms with E-state index in [2.05, 4.69) is 4.98 Å². The molecule has 1 rings (SSSR count). The van der Waals surface area contributed by atoms with Gasteiger partial charge in [-0.25, -0.2) is 4.98 Å². The molecule has 3 nitrogen and oxygen atoms in total. The lowest BCUT2D eigenvalue weighted by atomic mass is 10.4. The first-order valence-corrected chi connectivity index (χ1v) is 3.32. The van der Waals surface area contributed by atoms with E-state index in [1.54, 1.807) is 6.20 Å². The Morgan fingerprint density at radius 2 is 2.60 bits per heavy atom. The Labute approximate surface area is 59.7 Å². The third-order valence-electron chi connectivity index (χ3n) is 1.39. The average molecular weight is 138 g/mol. The van der Waals surface area contributed by atoms with Crippen molar-refractivity contribution in [3.05, 3.63) is 18.2 Å². The van der Waals surface area contributed by atoms with E-state index in [1.807, 2.05) is 17.7 Å². The molecular weight excluding hydrogens is 128 g/mol. The Kier molecular flexibility index (Phi) is 2.20. The van der Waals surface area contributed by atoms with Gasteiger partial charge in [-0.05, 0) is 0 Å². The van der Waals surface area contributed by atoms with Gasteiger partial charge in [0.15, 0.2) is 0 Å². The minimum atomic E-state index is 0.420. The fourth-order valence-electron chi connectivity index (χ4n) is 0.901. The lowest BCUT2D eigenvalue weighted by molar-refractivity contribution is -0.108. The summed E-state index contributed by atoms with van der Waals surface area (Å²) >= 11 is 0. The molecule has 10 heavy (non-hydrogen) atoms. The number of aryl methyl sites for hydroxylation is 1. The summed E-state index contributed by atoms with van der Waals surface area (Å²) < 4.78 is 1.84. The molecule has 3 heteroatoms. The summed E-state index contributed by atoms with van der Waals surface area (Å²) in [7, 11) is 0. The van der Waals surface area contributed by atoms with Crippen molar-refractivity contribution in [3.63, 3.8) is 0 Å². The Morgan fingerprint density at radius 3 is 3.20 bits per heavy atom. The zero-order valence-corrected chi connectivity index (χ0v) is 5.95. The molecule has 0 aliphatic heterocycles. The highest BCUT2D eigenvalue weighted by Gasteiger charge is 1.96. The van der Waals surface area contributed by atoms with E-state index in [1.165, 1.54) is 0 Å². The third-order valence-corrected chi connectivity index (χ3v) is 1.39. The van der Waals surface area contributed by atoms with Gasteiger partial charge >= 0.3 is 0 Å². The van der Waals surface area contributed by atoms with Crippen LogP contribution in [0.5, 0.6) is 0 Å². The minimum absolute atomic E-state index is 0.420. The highest BCUT2D eigenvalue weighted by Crippen LogP contribution is 1.95. The number of aromatic nitrogens is 2. The first kappa shape index (κ1) is 6.99. The smallest absolute Gasteiger partial charge is 0.139 e. The number of carbonyl (C=O) groups excluding carboxylic acids is 1. The van der Waals surface area contributed by atoms with Crippen LogP contribution in [0.3, 0.4) is 0 Å². The highest BCUT2D eigenvalue weighted by atomic mass is 16.1. The van der Waals surface area contributed by atoms with Crippen LogP contribution in [0.15, 0.2) is 12.4 Å². The summed E-state index contributed by atoms with van der Waals surface area (Å²) in [4.78, 5) is 14.1. The average Bonchev–Trinajstić information content (AvgIpc) is 2.36. The Balaban J connectivity index is 2.79. The van der Waals surface area contributed by atoms with E-state index in [0.717, 1.165) is 18.5 Å². The molecule has 0 aliphatic carbocycles. The van der Waals surface area contributed by atoms with E-state index in [4.69, 9.17) is 0 Å². The van der Waals surface area contributed by atoms with Gasteiger partial charge < -0.3 is 9.36 Å². The van der Waals surface area contributed by atoms with Crippen LogP contribution in [-0.4, -0.2) is 15.8 Å². The van der Waals surface area contributed by atoms with Gasteiger partial charge in [0.2, 0.25) is 0 Å². The van der Waals surface area contributed by atoms with Crippen molar-refractivity contribution in [1.29, 1.82) is 0 Å². The Bertz CT molecular complexity index is 217. The zero-order valence-electron chi connectivity index (χ0n) is 5.95. The molecule has 0 saturated carbocycles. The Morgan fingerprint density at radius 1 is 1.80 bits per heavy atom. The maximum absolute atomic E-state index is 10.1. The number of aldehydes is 1. The van der Waals surface area contributed by atoms with Gasteiger partial charge in [0.1, 0.15) is 12.1 Å². The number of rotatable bonds is 3. The van der Waals surface area contributed by atoms with Crippen molar-refractivity contribution in [2.45, 2.75) is 19.9 Å². The van der Waals surface area contributed by atoms with Gasteiger partial charge in [-0.3, -0.25) is 0 Å². The molecular formula is C7H10N2O. The molecule has 0 unspecified atom stereocenters. The van der Waals surface area contributed by atoms with Crippen molar-refractivity contribution < 1.29 is 4.79 Å². The molecule has 0 aliphatic rings. The van der Waals surface area contributed by atoms with Gasteiger partial charge in [-0.1, -0.05) is 6.92 Å². The topological polar surface area (TPSA) is 34.9 Å². The molecule has 0 bridgehead atoms. The summed E-state index contributed by atoms with van der Waals surface area (Å²) in [6, 6.07) is 0. The number of imidazole rings is 1. The van der Waals surface area contributed by atoms with E-state index >= 15 is 0 Å². The fourth-order valence-corrected chi connectivity index (χ4v) is 0.901. The number of carbonyl (C=O) groups is 1. The molecule has 1 aromatic heterocycles. The van der Waals surface area contributed by atoms with Gasteiger partial charge in [-0.2, -0.15) is 0 Å². The second-order valence-corrected chi connectivity index (χ2v) is 2.02. The van der Waals surface area contributed by atoms with Crippen molar-refractivity contribution in [3.8, 4) is 0 Å². The zero-order chi connectivity index (χ0) is 7.40. The van der Waals surface area contributed by atoms with Gasteiger partial charge in [0.05, 0.1) is 6.54 Å². The predicted octanol–water partition coefficient (Wildman–Crippen LogP) is 0.644. The third kappa shape index (κ3) is 1.23. The number of nitrogens with zero attached hydrogens (tertiary/aromatic N) is 2. The SMILES string of the molecule is CCc1nccn1CC=O. The van der Waals surface area contributed by atoms with Crippen LogP contribution < -0.4 is 0 Å². The maximum Gasteiger partial charge on any atom is 0.139 e. The monoisotopic (exact) mass is 138 g/mol. The minimum Gasteiger partial charge on any atom is -0.328 e. The fraction of sp³-hybridized carbons (Fsp3) is 0.429. The number of hydrogen-bond acceptors (Lipinski definition) is 2. The van der Waals surface area contributed by atoms with E-state index < -0.39 is 0 Å². The molecule has 0 radical (unpaired) electrons. The van der Waals surface area contributed by atoms with Gasteiger partial charge in [0.25, 0.3) is 0 Å². The van der Waals surface area contributed by atoms with E-state index in [0.29, 0.717) is 6.54 Å². The summed E-state index contributed by atoms with van der Waals surface area (Å²) in [5.41, 5.74) is 0. The first-order valence-electron chi connectivity index (χ1n) is 3.32. The van der Waals surface area contributed by atoms with Crippen LogP contribution in [0, 0.1) is 0 Å². The molecule has 0 aromatic carbocycles. The second-order valence-electron chi connectivity index (χ2n) is 2.02. The van der Waals surface area contributed by atoms with Crippen LogP contribution in [-0.2, 0) is 17.8 Å².